The molecule has 1 aromatic carbocycles. The van der Waals surface area contributed by atoms with Gasteiger partial charge in [0.15, 0.2) is 5.82 Å². The van der Waals surface area contributed by atoms with E-state index in [-0.39, 0.29) is 0 Å². The summed E-state index contributed by atoms with van der Waals surface area (Å²) >= 11 is 0. The van der Waals surface area contributed by atoms with Gasteiger partial charge in [-0.3, -0.25) is 0 Å². The van der Waals surface area contributed by atoms with Gasteiger partial charge >= 0.3 is 0 Å². The van der Waals surface area contributed by atoms with E-state index in [9.17, 15) is 0 Å². The van der Waals surface area contributed by atoms with Crippen molar-refractivity contribution in [2.75, 3.05) is 5.73 Å². The van der Waals surface area contributed by atoms with Crippen LogP contribution in [0.25, 0.3) is 11.4 Å². The van der Waals surface area contributed by atoms with Gasteiger partial charge in [0, 0.05) is 18.3 Å². The molecule has 0 aliphatic carbocycles. The second-order valence-corrected chi connectivity index (χ2v) is 3.23. The summed E-state index contributed by atoms with van der Waals surface area (Å²) in [6.45, 7) is 1.87. The summed E-state index contributed by atoms with van der Waals surface area (Å²) < 4.78 is 1.75. The van der Waals surface area contributed by atoms with Crippen LogP contribution in [-0.4, -0.2) is 14.8 Å². The van der Waals surface area contributed by atoms with E-state index in [1.807, 2.05) is 38.2 Å². The van der Waals surface area contributed by atoms with Crippen molar-refractivity contribution in [2.45, 2.75) is 6.92 Å². The molecule has 0 spiro atoms. The molecule has 2 N–H and O–H groups in total. The van der Waals surface area contributed by atoms with Crippen molar-refractivity contribution in [3.8, 4) is 11.4 Å². The van der Waals surface area contributed by atoms with Crippen molar-refractivity contribution in [3.05, 3.63) is 30.1 Å². The molecule has 1 heterocycles. The summed E-state index contributed by atoms with van der Waals surface area (Å²) in [6, 6.07) is 7.63. The van der Waals surface area contributed by atoms with Gasteiger partial charge in [0.1, 0.15) is 5.82 Å². The molecule has 72 valence electrons. The average Bonchev–Trinajstić information content (AvgIpc) is 2.45. The number of rotatable bonds is 1. The molecule has 0 aliphatic rings. The molecule has 0 saturated carbocycles. The predicted octanol–water partition coefficient (Wildman–Crippen LogP) is 1.37. The lowest BCUT2D eigenvalue weighted by atomic mass is 10.2. The predicted molar refractivity (Wildman–Crippen MR) is 55.6 cm³/mol. The Morgan fingerprint density at radius 1 is 1.36 bits per heavy atom. The van der Waals surface area contributed by atoms with Crippen LogP contribution in [0.3, 0.4) is 0 Å². The maximum Gasteiger partial charge on any atom is 0.158 e. The van der Waals surface area contributed by atoms with Crippen molar-refractivity contribution < 1.29 is 0 Å². The second-order valence-electron chi connectivity index (χ2n) is 3.23. The SMILES string of the molecule is Cc1nc(-c2cccc(N)c2)n(C)n1. The van der Waals surface area contributed by atoms with Crippen LogP contribution in [0.4, 0.5) is 5.69 Å². The van der Waals surface area contributed by atoms with E-state index in [2.05, 4.69) is 10.1 Å². The van der Waals surface area contributed by atoms with Gasteiger partial charge in [-0.1, -0.05) is 12.1 Å². The quantitative estimate of drug-likeness (QED) is 0.688. The smallest absolute Gasteiger partial charge is 0.158 e. The molecule has 0 amide bonds. The van der Waals surface area contributed by atoms with Gasteiger partial charge in [-0.15, -0.1) is 0 Å². The molecule has 0 atom stereocenters. The van der Waals surface area contributed by atoms with Crippen LogP contribution < -0.4 is 5.73 Å². The third kappa shape index (κ3) is 1.46. The molecule has 4 nitrogen and oxygen atoms in total. The highest BCUT2D eigenvalue weighted by Crippen LogP contribution is 2.18. The zero-order valence-electron chi connectivity index (χ0n) is 8.23. The van der Waals surface area contributed by atoms with Gasteiger partial charge in [-0.05, 0) is 19.1 Å². The average molecular weight is 188 g/mol. The van der Waals surface area contributed by atoms with Crippen LogP contribution in [0, 0.1) is 6.92 Å². The van der Waals surface area contributed by atoms with Crippen LogP contribution in [-0.2, 0) is 7.05 Å². The Kier molecular flexibility index (Phi) is 1.96. The van der Waals surface area contributed by atoms with Crippen molar-refractivity contribution in [3.63, 3.8) is 0 Å². The normalized spacial score (nSPS) is 10.4. The van der Waals surface area contributed by atoms with Crippen LogP contribution in [0.5, 0.6) is 0 Å². The number of hydrogen-bond donors (Lipinski definition) is 1. The zero-order chi connectivity index (χ0) is 10.1. The first-order valence-electron chi connectivity index (χ1n) is 4.40. The van der Waals surface area contributed by atoms with E-state index in [0.29, 0.717) is 0 Å². The highest BCUT2D eigenvalue weighted by atomic mass is 15.3. The van der Waals surface area contributed by atoms with Crippen LogP contribution in [0.15, 0.2) is 24.3 Å². The Balaban J connectivity index is 2.54. The molecule has 0 fully saturated rings. The van der Waals surface area contributed by atoms with Gasteiger partial charge < -0.3 is 5.73 Å². The first-order chi connectivity index (χ1) is 6.66. The summed E-state index contributed by atoms with van der Waals surface area (Å²) in [4.78, 5) is 4.32. The number of nitrogen functional groups attached to an aromatic ring is 1. The fourth-order valence-corrected chi connectivity index (χ4v) is 1.44. The van der Waals surface area contributed by atoms with E-state index in [1.165, 1.54) is 0 Å². The molecular formula is C10H12N4. The van der Waals surface area contributed by atoms with E-state index in [1.54, 1.807) is 4.68 Å². The highest BCUT2D eigenvalue weighted by molar-refractivity contribution is 5.61. The molecule has 0 radical (unpaired) electrons. The zero-order valence-corrected chi connectivity index (χ0v) is 8.23. The number of nitrogens with zero attached hydrogens (tertiary/aromatic N) is 3. The van der Waals surface area contributed by atoms with Crippen LogP contribution in [0.1, 0.15) is 5.82 Å². The minimum atomic E-state index is 0.739. The van der Waals surface area contributed by atoms with Gasteiger partial charge in [0.2, 0.25) is 0 Å². The lowest BCUT2D eigenvalue weighted by molar-refractivity contribution is 0.764. The maximum absolute atomic E-state index is 5.70. The Morgan fingerprint density at radius 2 is 2.14 bits per heavy atom. The lowest BCUT2D eigenvalue weighted by Gasteiger charge is -2.00. The number of aromatic nitrogens is 3. The Labute approximate surface area is 82.4 Å². The summed E-state index contributed by atoms with van der Waals surface area (Å²) in [5.74, 6) is 1.61. The van der Waals surface area contributed by atoms with Crippen molar-refractivity contribution in [1.29, 1.82) is 0 Å². The summed E-state index contributed by atoms with van der Waals surface area (Å²) in [7, 11) is 1.87. The fraction of sp³-hybridized carbons (Fsp3) is 0.200. The molecule has 2 rings (SSSR count). The minimum absolute atomic E-state index is 0.739. The monoisotopic (exact) mass is 188 g/mol. The summed E-state index contributed by atoms with van der Waals surface area (Å²) in [6.07, 6.45) is 0. The van der Waals surface area contributed by atoms with E-state index in [0.717, 1.165) is 22.9 Å². The first-order valence-corrected chi connectivity index (χ1v) is 4.40. The standard InChI is InChI=1S/C10H12N4/c1-7-12-10(14(2)13-7)8-4-3-5-9(11)6-8/h3-6H,11H2,1-2H3. The third-order valence-electron chi connectivity index (χ3n) is 2.01. The van der Waals surface area contributed by atoms with Crippen molar-refractivity contribution >= 4 is 5.69 Å². The van der Waals surface area contributed by atoms with Crippen LogP contribution >= 0.6 is 0 Å². The topological polar surface area (TPSA) is 56.7 Å². The molecule has 0 saturated heterocycles. The Bertz CT molecular complexity index is 459. The molecule has 2 aromatic rings. The summed E-state index contributed by atoms with van der Waals surface area (Å²) in [5.41, 5.74) is 7.43. The van der Waals surface area contributed by atoms with Crippen molar-refractivity contribution in [2.24, 2.45) is 7.05 Å². The minimum Gasteiger partial charge on any atom is -0.399 e. The lowest BCUT2D eigenvalue weighted by Crippen LogP contribution is -1.95. The first kappa shape index (κ1) is 8.74. The fourth-order valence-electron chi connectivity index (χ4n) is 1.44. The molecule has 14 heavy (non-hydrogen) atoms. The Morgan fingerprint density at radius 3 is 2.71 bits per heavy atom. The third-order valence-corrected chi connectivity index (χ3v) is 2.01. The van der Waals surface area contributed by atoms with Gasteiger partial charge in [0.25, 0.3) is 0 Å². The van der Waals surface area contributed by atoms with Gasteiger partial charge in [0.05, 0.1) is 0 Å². The molecular weight excluding hydrogens is 176 g/mol. The Hall–Kier alpha value is -1.84. The van der Waals surface area contributed by atoms with Crippen molar-refractivity contribution in [1.82, 2.24) is 14.8 Å². The van der Waals surface area contributed by atoms with E-state index in [4.69, 9.17) is 5.73 Å². The highest BCUT2D eigenvalue weighted by Gasteiger charge is 2.06. The van der Waals surface area contributed by atoms with E-state index < -0.39 is 0 Å². The number of aryl methyl sites for hydroxylation is 2. The molecule has 4 heteroatoms. The molecule has 0 unspecified atom stereocenters. The molecule has 1 aromatic heterocycles. The van der Waals surface area contributed by atoms with E-state index >= 15 is 0 Å². The number of anilines is 1. The second kappa shape index (κ2) is 3.14. The molecule has 0 bridgehead atoms. The summed E-state index contributed by atoms with van der Waals surface area (Å²) in [5, 5.41) is 4.18. The number of benzene rings is 1. The largest absolute Gasteiger partial charge is 0.399 e. The number of hydrogen-bond acceptors (Lipinski definition) is 3. The molecule has 0 aliphatic heterocycles. The number of nitrogens with two attached hydrogens (primary N) is 1. The van der Waals surface area contributed by atoms with Crippen LogP contribution in [0.2, 0.25) is 0 Å². The maximum atomic E-state index is 5.70. The van der Waals surface area contributed by atoms with Gasteiger partial charge in [-0.25, -0.2) is 9.67 Å². The van der Waals surface area contributed by atoms with Gasteiger partial charge in [-0.2, -0.15) is 5.10 Å².